The number of benzene rings is 1. The fourth-order valence-electron chi connectivity index (χ4n) is 1.44. The normalized spacial score (nSPS) is 10.5. The summed E-state index contributed by atoms with van der Waals surface area (Å²) in [6, 6.07) is 3.43. The topological polar surface area (TPSA) is 37.8 Å². The van der Waals surface area contributed by atoms with Crippen molar-refractivity contribution in [2.24, 2.45) is 0 Å². The highest BCUT2D eigenvalue weighted by atomic mass is 32.1. The second kappa shape index (κ2) is 5.18. The summed E-state index contributed by atoms with van der Waals surface area (Å²) in [6.45, 7) is 2.73. The van der Waals surface area contributed by atoms with E-state index in [0.717, 1.165) is 17.7 Å². The van der Waals surface area contributed by atoms with Crippen molar-refractivity contribution in [3.8, 4) is 0 Å². The molecule has 1 N–H and O–H groups in total. The molecule has 0 unspecified atom stereocenters. The van der Waals surface area contributed by atoms with Crippen LogP contribution in [0.25, 0.3) is 0 Å². The van der Waals surface area contributed by atoms with Gasteiger partial charge in [0.05, 0.1) is 0 Å². The number of hydrogen-bond donors (Lipinski definition) is 1. The number of anilines is 1. The molecule has 0 spiro atoms. The lowest BCUT2D eigenvalue weighted by Crippen LogP contribution is -1.97. The van der Waals surface area contributed by atoms with Crippen molar-refractivity contribution >= 4 is 16.7 Å². The SMILES string of the molecule is CCNc1nc(Cc2cc(F)cc(F)c2)ns1. The lowest BCUT2D eigenvalue weighted by atomic mass is 10.1. The number of rotatable bonds is 4. The molecule has 2 rings (SSSR count). The van der Waals surface area contributed by atoms with E-state index >= 15 is 0 Å². The molecule has 0 fully saturated rings. The van der Waals surface area contributed by atoms with Gasteiger partial charge in [-0.25, -0.2) is 13.8 Å². The quantitative estimate of drug-likeness (QED) is 0.912. The molecule has 1 aromatic carbocycles. The predicted octanol–water partition coefficient (Wildman–Crippen LogP) is 2.84. The number of nitrogens with one attached hydrogen (secondary N) is 1. The second-order valence-corrected chi connectivity index (χ2v) is 4.25. The fraction of sp³-hybridized carbons (Fsp3) is 0.273. The van der Waals surface area contributed by atoms with Crippen molar-refractivity contribution in [2.75, 3.05) is 11.9 Å². The Hall–Kier alpha value is -1.56. The summed E-state index contributed by atoms with van der Waals surface area (Å²) >= 11 is 1.24. The van der Waals surface area contributed by atoms with E-state index in [1.54, 1.807) is 0 Å². The van der Waals surface area contributed by atoms with E-state index in [0.29, 0.717) is 17.8 Å². The average molecular weight is 255 g/mol. The highest BCUT2D eigenvalue weighted by molar-refractivity contribution is 7.09. The Morgan fingerprint density at radius 1 is 1.24 bits per heavy atom. The van der Waals surface area contributed by atoms with Gasteiger partial charge in [0.25, 0.3) is 0 Å². The van der Waals surface area contributed by atoms with Crippen LogP contribution in [0.4, 0.5) is 13.9 Å². The third-order valence-corrected chi connectivity index (χ3v) is 2.79. The Bertz CT molecular complexity index is 493. The molecule has 0 amide bonds. The first-order valence-electron chi connectivity index (χ1n) is 5.19. The fourth-order valence-corrected chi connectivity index (χ4v) is 2.10. The van der Waals surface area contributed by atoms with Gasteiger partial charge >= 0.3 is 0 Å². The Balaban J connectivity index is 2.13. The summed E-state index contributed by atoms with van der Waals surface area (Å²) < 4.78 is 30.0. The summed E-state index contributed by atoms with van der Waals surface area (Å²) in [6.07, 6.45) is 0.330. The van der Waals surface area contributed by atoms with Crippen LogP contribution >= 0.6 is 11.5 Å². The highest BCUT2D eigenvalue weighted by Crippen LogP contribution is 2.15. The minimum atomic E-state index is -0.581. The first-order valence-corrected chi connectivity index (χ1v) is 5.96. The van der Waals surface area contributed by atoms with Gasteiger partial charge in [0.15, 0.2) is 0 Å². The van der Waals surface area contributed by atoms with Crippen LogP contribution in [0.3, 0.4) is 0 Å². The van der Waals surface area contributed by atoms with Crippen LogP contribution < -0.4 is 5.32 Å². The first-order chi connectivity index (χ1) is 8.17. The van der Waals surface area contributed by atoms with E-state index in [2.05, 4.69) is 14.7 Å². The number of nitrogens with zero attached hydrogens (tertiary/aromatic N) is 2. The molecule has 0 aliphatic carbocycles. The van der Waals surface area contributed by atoms with Crippen LogP contribution in [0.15, 0.2) is 18.2 Å². The molecule has 0 aliphatic heterocycles. The summed E-state index contributed by atoms with van der Waals surface area (Å²) in [5.74, 6) is -0.597. The third-order valence-electron chi connectivity index (χ3n) is 2.08. The molecule has 0 radical (unpaired) electrons. The maximum Gasteiger partial charge on any atom is 0.202 e. The first kappa shape index (κ1) is 11.9. The minimum absolute atomic E-state index is 0.330. The van der Waals surface area contributed by atoms with E-state index in [4.69, 9.17) is 0 Å². The smallest absolute Gasteiger partial charge is 0.202 e. The Morgan fingerprint density at radius 3 is 2.59 bits per heavy atom. The zero-order valence-electron chi connectivity index (χ0n) is 9.20. The minimum Gasteiger partial charge on any atom is -0.361 e. The van der Waals surface area contributed by atoms with Crippen LogP contribution in [0, 0.1) is 11.6 Å². The number of hydrogen-bond acceptors (Lipinski definition) is 4. The molecule has 0 saturated heterocycles. The van der Waals surface area contributed by atoms with Crippen molar-refractivity contribution in [2.45, 2.75) is 13.3 Å². The average Bonchev–Trinajstić information content (AvgIpc) is 2.64. The summed E-state index contributed by atoms with van der Waals surface area (Å²) in [5, 5.41) is 3.75. The van der Waals surface area contributed by atoms with Gasteiger partial charge in [-0.1, -0.05) is 0 Å². The Labute approximate surface area is 102 Å². The van der Waals surface area contributed by atoms with E-state index in [-0.39, 0.29) is 0 Å². The molecule has 17 heavy (non-hydrogen) atoms. The van der Waals surface area contributed by atoms with Crippen LogP contribution in [-0.4, -0.2) is 15.9 Å². The molecule has 0 aliphatic rings. The van der Waals surface area contributed by atoms with Crippen molar-refractivity contribution < 1.29 is 8.78 Å². The lowest BCUT2D eigenvalue weighted by molar-refractivity contribution is 0.580. The largest absolute Gasteiger partial charge is 0.361 e. The van der Waals surface area contributed by atoms with Gasteiger partial charge in [-0.15, -0.1) is 0 Å². The van der Waals surface area contributed by atoms with E-state index < -0.39 is 11.6 Å². The maximum absolute atomic E-state index is 13.0. The monoisotopic (exact) mass is 255 g/mol. The van der Waals surface area contributed by atoms with Gasteiger partial charge in [-0.2, -0.15) is 4.37 Å². The highest BCUT2D eigenvalue weighted by Gasteiger charge is 2.06. The maximum atomic E-state index is 13.0. The van der Waals surface area contributed by atoms with E-state index in [1.807, 2.05) is 6.92 Å². The molecule has 2 aromatic rings. The molecule has 6 heteroatoms. The molecule has 0 bridgehead atoms. The van der Waals surface area contributed by atoms with Crippen LogP contribution in [-0.2, 0) is 6.42 Å². The van der Waals surface area contributed by atoms with Gasteiger partial charge in [0.1, 0.15) is 17.5 Å². The van der Waals surface area contributed by atoms with Crippen molar-refractivity contribution in [1.82, 2.24) is 9.36 Å². The zero-order chi connectivity index (χ0) is 12.3. The van der Waals surface area contributed by atoms with Crippen molar-refractivity contribution in [1.29, 1.82) is 0 Å². The lowest BCUT2D eigenvalue weighted by Gasteiger charge is -1.98. The molecule has 1 heterocycles. The number of aromatic nitrogens is 2. The molecule has 0 atom stereocenters. The van der Waals surface area contributed by atoms with Gasteiger partial charge in [0.2, 0.25) is 5.13 Å². The number of halogens is 2. The third kappa shape index (κ3) is 3.20. The summed E-state index contributed by atoms with van der Waals surface area (Å²) in [4.78, 5) is 4.21. The van der Waals surface area contributed by atoms with Gasteiger partial charge in [-0.05, 0) is 24.6 Å². The molecule has 0 saturated carbocycles. The second-order valence-electron chi connectivity index (χ2n) is 3.50. The Kier molecular flexibility index (Phi) is 3.63. The molecular formula is C11H11F2N3S. The van der Waals surface area contributed by atoms with Crippen molar-refractivity contribution in [3.05, 3.63) is 41.2 Å². The van der Waals surface area contributed by atoms with Gasteiger partial charge < -0.3 is 5.32 Å². The van der Waals surface area contributed by atoms with Crippen LogP contribution in [0.5, 0.6) is 0 Å². The molecular weight excluding hydrogens is 244 g/mol. The molecule has 1 aromatic heterocycles. The Morgan fingerprint density at radius 2 is 1.94 bits per heavy atom. The molecule has 90 valence electrons. The standard InChI is InChI=1S/C11H11F2N3S/c1-2-14-11-15-10(16-17-11)5-7-3-8(12)6-9(13)4-7/h3-4,6H,2,5H2,1H3,(H,14,15,16). The predicted molar refractivity (Wildman–Crippen MR) is 63.2 cm³/mol. The van der Waals surface area contributed by atoms with Crippen molar-refractivity contribution in [3.63, 3.8) is 0 Å². The van der Waals surface area contributed by atoms with E-state index in [1.165, 1.54) is 23.7 Å². The zero-order valence-corrected chi connectivity index (χ0v) is 10.0. The van der Waals surface area contributed by atoms with Crippen LogP contribution in [0.2, 0.25) is 0 Å². The van der Waals surface area contributed by atoms with Crippen LogP contribution in [0.1, 0.15) is 18.3 Å². The summed E-state index contributed by atoms with van der Waals surface area (Å²) in [7, 11) is 0. The van der Waals surface area contributed by atoms with Gasteiger partial charge in [-0.3, -0.25) is 0 Å². The van der Waals surface area contributed by atoms with Gasteiger partial charge in [0, 0.05) is 30.6 Å². The molecule has 3 nitrogen and oxygen atoms in total. The summed E-state index contributed by atoms with van der Waals surface area (Å²) in [5.41, 5.74) is 0.531. The van der Waals surface area contributed by atoms with E-state index in [9.17, 15) is 8.78 Å².